The predicted octanol–water partition coefficient (Wildman–Crippen LogP) is 4.86. The van der Waals surface area contributed by atoms with E-state index in [9.17, 15) is 0 Å². The highest BCUT2D eigenvalue weighted by Gasteiger charge is 2.26. The van der Waals surface area contributed by atoms with E-state index in [2.05, 4.69) is 76.1 Å². The van der Waals surface area contributed by atoms with Crippen LogP contribution in [0.5, 0.6) is 0 Å². The van der Waals surface area contributed by atoms with Crippen LogP contribution in [0.25, 0.3) is 0 Å². The van der Waals surface area contributed by atoms with Crippen LogP contribution in [0.15, 0.2) is 47.6 Å². The minimum Gasteiger partial charge on any atom is -0.309 e. The maximum absolute atomic E-state index is 4.57. The van der Waals surface area contributed by atoms with Gasteiger partial charge in [-0.15, -0.1) is 21.5 Å². The highest BCUT2D eigenvalue weighted by molar-refractivity contribution is 7.98. The van der Waals surface area contributed by atoms with Crippen molar-refractivity contribution in [3.8, 4) is 0 Å². The molecule has 0 aliphatic carbocycles. The molecular weight excluding hydrogens is 372 g/mol. The number of thioether (sulfide) groups is 1. The quantitative estimate of drug-likeness (QED) is 0.556. The van der Waals surface area contributed by atoms with E-state index in [1.54, 1.807) is 11.8 Å². The van der Waals surface area contributed by atoms with Crippen molar-refractivity contribution in [2.75, 3.05) is 13.1 Å². The Hall–Kier alpha value is -1.63. The summed E-state index contributed by atoms with van der Waals surface area (Å²) >= 11 is 3.68. The Bertz CT molecular complexity index is 871. The van der Waals surface area contributed by atoms with E-state index in [4.69, 9.17) is 0 Å². The van der Waals surface area contributed by atoms with Gasteiger partial charge < -0.3 is 4.57 Å². The zero-order valence-corrected chi connectivity index (χ0v) is 17.6. The summed E-state index contributed by atoms with van der Waals surface area (Å²) in [6, 6.07) is 15.0. The molecule has 0 spiro atoms. The number of piperidine rings is 1. The number of likely N-dealkylation sites (tertiary alicyclic amines) is 1. The minimum atomic E-state index is 0.475. The monoisotopic (exact) mass is 398 g/mol. The van der Waals surface area contributed by atoms with Crippen LogP contribution in [0.2, 0.25) is 0 Å². The fraction of sp³-hybridized carbons (Fsp3) is 0.429. The first-order chi connectivity index (χ1) is 13.2. The Morgan fingerprint density at radius 2 is 2.00 bits per heavy atom. The number of thiophene rings is 1. The summed E-state index contributed by atoms with van der Waals surface area (Å²) in [5.41, 5.74) is 1.32. The van der Waals surface area contributed by atoms with Crippen LogP contribution in [-0.4, -0.2) is 32.8 Å². The van der Waals surface area contributed by atoms with Gasteiger partial charge in [-0.25, -0.2) is 0 Å². The van der Waals surface area contributed by atoms with Crippen molar-refractivity contribution in [3.63, 3.8) is 0 Å². The summed E-state index contributed by atoms with van der Waals surface area (Å²) < 4.78 is 2.21. The van der Waals surface area contributed by atoms with Crippen molar-refractivity contribution < 1.29 is 0 Å². The summed E-state index contributed by atoms with van der Waals surface area (Å²) in [5, 5.41) is 10.1. The Balaban J connectivity index is 1.39. The van der Waals surface area contributed by atoms with Crippen LogP contribution in [0.4, 0.5) is 0 Å². The van der Waals surface area contributed by atoms with Gasteiger partial charge in [-0.3, -0.25) is 4.90 Å². The van der Waals surface area contributed by atoms with E-state index < -0.39 is 0 Å². The largest absolute Gasteiger partial charge is 0.309 e. The lowest BCUT2D eigenvalue weighted by Crippen LogP contribution is -2.34. The van der Waals surface area contributed by atoms with E-state index in [1.807, 2.05) is 11.3 Å². The summed E-state index contributed by atoms with van der Waals surface area (Å²) in [6.07, 6.45) is 2.43. The molecule has 142 valence electrons. The molecule has 0 bridgehead atoms. The van der Waals surface area contributed by atoms with Crippen LogP contribution < -0.4 is 0 Å². The molecular formula is C21H26N4S2. The smallest absolute Gasteiger partial charge is 0.191 e. The molecule has 6 heteroatoms. The number of rotatable bonds is 6. The molecule has 0 unspecified atom stereocenters. The van der Waals surface area contributed by atoms with Crippen LogP contribution in [0, 0.1) is 6.92 Å². The lowest BCUT2D eigenvalue weighted by Gasteiger charge is -2.31. The van der Waals surface area contributed by atoms with Gasteiger partial charge in [0.2, 0.25) is 0 Å². The fourth-order valence-electron chi connectivity index (χ4n) is 3.73. The molecule has 27 heavy (non-hydrogen) atoms. The Morgan fingerprint density at radius 1 is 1.15 bits per heavy atom. The number of aryl methyl sites for hydroxylation is 1. The molecule has 0 N–H and O–H groups in total. The topological polar surface area (TPSA) is 34.0 Å². The normalized spacial score (nSPS) is 18.1. The molecule has 0 radical (unpaired) electrons. The van der Waals surface area contributed by atoms with E-state index >= 15 is 0 Å². The zero-order valence-electron chi connectivity index (χ0n) is 16.0. The molecule has 3 heterocycles. The Morgan fingerprint density at radius 3 is 2.78 bits per heavy atom. The van der Waals surface area contributed by atoms with Gasteiger partial charge in [0, 0.05) is 41.6 Å². The fourth-order valence-corrected chi connectivity index (χ4v) is 5.54. The number of benzene rings is 1. The van der Waals surface area contributed by atoms with Crippen molar-refractivity contribution in [1.29, 1.82) is 0 Å². The van der Waals surface area contributed by atoms with Crippen molar-refractivity contribution in [3.05, 3.63) is 63.6 Å². The maximum Gasteiger partial charge on any atom is 0.191 e. The van der Waals surface area contributed by atoms with Gasteiger partial charge in [0.15, 0.2) is 5.16 Å². The minimum absolute atomic E-state index is 0.475. The van der Waals surface area contributed by atoms with Gasteiger partial charge in [0.1, 0.15) is 5.82 Å². The SMILES string of the molecule is Cc1ccc(CN2CCC[C@@H](c3nnc(SCc4ccccc4)n3C)C2)s1. The highest BCUT2D eigenvalue weighted by Crippen LogP contribution is 2.30. The molecule has 1 atom stereocenters. The van der Waals surface area contributed by atoms with Crippen molar-refractivity contribution in [1.82, 2.24) is 19.7 Å². The first kappa shape index (κ1) is 18.7. The summed E-state index contributed by atoms with van der Waals surface area (Å²) in [5.74, 6) is 2.54. The first-order valence-electron chi connectivity index (χ1n) is 9.53. The Labute approximate surface area is 169 Å². The predicted molar refractivity (Wildman–Crippen MR) is 113 cm³/mol. The van der Waals surface area contributed by atoms with E-state index in [0.717, 1.165) is 29.8 Å². The lowest BCUT2D eigenvalue weighted by molar-refractivity contribution is 0.196. The van der Waals surface area contributed by atoms with Gasteiger partial charge in [0.25, 0.3) is 0 Å². The summed E-state index contributed by atoms with van der Waals surface area (Å²) in [7, 11) is 2.12. The van der Waals surface area contributed by atoms with Crippen LogP contribution >= 0.6 is 23.1 Å². The third-order valence-corrected chi connectivity index (χ3v) is 7.20. The molecule has 1 saturated heterocycles. The van der Waals surface area contributed by atoms with Crippen molar-refractivity contribution in [2.24, 2.45) is 7.05 Å². The van der Waals surface area contributed by atoms with Crippen LogP contribution in [0.1, 0.15) is 39.9 Å². The molecule has 1 fully saturated rings. The maximum atomic E-state index is 4.57. The van der Waals surface area contributed by atoms with Gasteiger partial charge >= 0.3 is 0 Å². The van der Waals surface area contributed by atoms with Gasteiger partial charge in [-0.1, -0.05) is 42.1 Å². The standard InChI is InChI=1S/C21H26N4S2/c1-16-10-11-19(27-16)14-25-12-6-9-18(13-25)20-22-23-21(24(20)2)26-15-17-7-4-3-5-8-17/h3-5,7-8,10-11,18H,6,9,12-15H2,1-2H3/t18-/m1/s1. The second-order valence-electron chi connectivity index (χ2n) is 7.26. The van der Waals surface area contributed by atoms with E-state index in [0.29, 0.717) is 5.92 Å². The average molecular weight is 399 g/mol. The number of hydrogen-bond donors (Lipinski definition) is 0. The molecule has 2 aromatic heterocycles. The zero-order chi connectivity index (χ0) is 18.6. The molecule has 0 saturated carbocycles. The molecule has 1 aromatic carbocycles. The molecule has 4 rings (SSSR count). The lowest BCUT2D eigenvalue weighted by atomic mass is 9.97. The van der Waals surface area contributed by atoms with E-state index in [-0.39, 0.29) is 0 Å². The molecule has 4 nitrogen and oxygen atoms in total. The van der Waals surface area contributed by atoms with Crippen LogP contribution in [-0.2, 0) is 19.3 Å². The van der Waals surface area contributed by atoms with Gasteiger partial charge in [-0.05, 0) is 44.0 Å². The average Bonchev–Trinajstić information content (AvgIpc) is 3.26. The van der Waals surface area contributed by atoms with Gasteiger partial charge in [0.05, 0.1) is 0 Å². The molecule has 0 amide bonds. The second kappa shape index (κ2) is 8.59. The Kier molecular flexibility index (Phi) is 5.95. The van der Waals surface area contributed by atoms with Crippen molar-refractivity contribution >= 4 is 23.1 Å². The highest BCUT2D eigenvalue weighted by atomic mass is 32.2. The number of aromatic nitrogens is 3. The summed E-state index contributed by atoms with van der Waals surface area (Å²) in [4.78, 5) is 5.43. The second-order valence-corrected chi connectivity index (χ2v) is 9.58. The summed E-state index contributed by atoms with van der Waals surface area (Å²) in [6.45, 7) is 5.50. The van der Waals surface area contributed by atoms with Crippen molar-refractivity contribution in [2.45, 2.75) is 43.1 Å². The number of nitrogens with zero attached hydrogens (tertiary/aromatic N) is 4. The molecule has 1 aliphatic rings. The molecule has 3 aromatic rings. The molecule has 1 aliphatic heterocycles. The van der Waals surface area contributed by atoms with Gasteiger partial charge in [-0.2, -0.15) is 0 Å². The number of hydrogen-bond acceptors (Lipinski definition) is 5. The first-order valence-corrected chi connectivity index (χ1v) is 11.3. The third kappa shape index (κ3) is 4.62. The third-order valence-electron chi connectivity index (χ3n) is 5.13. The van der Waals surface area contributed by atoms with Crippen LogP contribution in [0.3, 0.4) is 0 Å². The van der Waals surface area contributed by atoms with E-state index in [1.165, 1.54) is 34.7 Å².